The molecule has 1 saturated carbocycles. The van der Waals surface area contributed by atoms with Crippen LogP contribution >= 0.6 is 0 Å². The van der Waals surface area contributed by atoms with E-state index in [1.807, 2.05) is 0 Å². The molecule has 0 atom stereocenters. The second kappa shape index (κ2) is 8.03. The lowest BCUT2D eigenvalue weighted by atomic mass is 9.88. The first kappa shape index (κ1) is 19.3. The first-order chi connectivity index (χ1) is 13.1. The quantitative estimate of drug-likeness (QED) is 0.441. The number of hydrogen-bond acceptors (Lipinski definition) is 6. The van der Waals surface area contributed by atoms with E-state index in [0.717, 1.165) is 12.8 Å². The Bertz CT molecular complexity index is 907. The smallest absolute Gasteiger partial charge is 0.169 e. The molecule has 1 heterocycles. The number of nitrogens with one attached hydrogen (secondary N) is 1. The Morgan fingerprint density at radius 3 is 2.41 bits per heavy atom. The molecule has 0 saturated heterocycles. The van der Waals surface area contributed by atoms with E-state index in [4.69, 9.17) is 5.73 Å². The highest BCUT2D eigenvalue weighted by Crippen LogP contribution is 2.41. The molecule has 1 aliphatic rings. The Morgan fingerprint density at radius 2 is 1.89 bits per heavy atom. The largest absolute Gasteiger partial charge is 0.392 e. The topological polar surface area (TPSA) is 143 Å². The number of Topliss-reactive ketones (excluding diaryl/α,β-unsaturated/α-hetero) is 1. The van der Waals surface area contributed by atoms with Crippen molar-refractivity contribution in [1.29, 1.82) is 5.26 Å². The molecule has 27 heavy (non-hydrogen) atoms. The number of H-pyrrole nitrogens is 1. The molecule has 1 aliphatic carbocycles. The molecule has 7 heteroatoms. The Morgan fingerprint density at radius 1 is 1.19 bits per heavy atom. The summed E-state index contributed by atoms with van der Waals surface area (Å²) in [5.41, 5.74) is 9.43. The number of aromatic amines is 1. The number of benzene rings is 1. The van der Waals surface area contributed by atoms with Gasteiger partial charge in [-0.25, -0.2) is 0 Å². The van der Waals surface area contributed by atoms with Gasteiger partial charge in [-0.05, 0) is 41.6 Å². The minimum absolute atomic E-state index is 0.0796. The molecule has 0 spiro atoms. The van der Waals surface area contributed by atoms with Crippen LogP contribution in [-0.4, -0.2) is 32.6 Å². The molecule has 1 aromatic heterocycles. The summed E-state index contributed by atoms with van der Waals surface area (Å²) in [5, 5.41) is 38.8. The fourth-order valence-electron chi connectivity index (χ4n) is 3.56. The van der Waals surface area contributed by atoms with E-state index in [0.29, 0.717) is 52.0 Å². The number of rotatable bonds is 8. The number of aliphatic hydroxyl groups is 3. The maximum atomic E-state index is 12.9. The highest BCUT2D eigenvalue weighted by atomic mass is 16.3. The van der Waals surface area contributed by atoms with Gasteiger partial charge in [-0.1, -0.05) is 12.1 Å². The van der Waals surface area contributed by atoms with Crippen molar-refractivity contribution in [3.8, 4) is 17.2 Å². The van der Waals surface area contributed by atoms with Crippen LogP contribution in [0.4, 0.5) is 0 Å². The summed E-state index contributed by atoms with van der Waals surface area (Å²) >= 11 is 0. The Balaban J connectivity index is 2.31. The molecular formula is C20H23N3O4. The van der Waals surface area contributed by atoms with Gasteiger partial charge in [0.2, 0.25) is 0 Å². The maximum Gasteiger partial charge on any atom is 0.169 e. The van der Waals surface area contributed by atoms with Crippen molar-refractivity contribution in [2.45, 2.75) is 39.1 Å². The monoisotopic (exact) mass is 369 g/mol. The van der Waals surface area contributed by atoms with Crippen LogP contribution in [0.25, 0.3) is 11.1 Å². The minimum atomic E-state index is -0.370. The number of aliphatic hydroxyl groups excluding tert-OH is 3. The summed E-state index contributed by atoms with van der Waals surface area (Å²) in [5.74, 6) is -0.161. The molecule has 1 aromatic carbocycles. The van der Waals surface area contributed by atoms with Crippen LogP contribution in [-0.2, 0) is 26.2 Å². The number of ketones is 1. The summed E-state index contributed by atoms with van der Waals surface area (Å²) in [6.07, 6.45) is 2.04. The van der Waals surface area contributed by atoms with Crippen molar-refractivity contribution in [2.24, 2.45) is 11.7 Å². The fraction of sp³-hybridized carbons (Fsp3) is 0.400. The molecule has 7 nitrogen and oxygen atoms in total. The second-order valence-electron chi connectivity index (χ2n) is 6.72. The molecule has 0 amide bonds. The lowest BCUT2D eigenvalue weighted by molar-refractivity contribution is 0.0968. The Hall–Kier alpha value is -2.50. The van der Waals surface area contributed by atoms with Crippen molar-refractivity contribution >= 4 is 5.78 Å². The van der Waals surface area contributed by atoms with E-state index in [1.54, 1.807) is 12.1 Å². The molecule has 3 rings (SSSR count). The third kappa shape index (κ3) is 3.40. The number of nitriles is 1. The molecule has 0 bridgehead atoms. The van der Waals surface area contributed by atoms with Crippen LogP contribution < -0.4 is 5.73 Å². The second-order valence-corrected chi connectivity index (χ2v) is 6.72. The van der Waals surface area contributed by atoms with E-state index >= 15 is 0 Å². The zero-order valence-electron chi connectivity index (χ0n) is 15.0. The molecule has 2 aromatic rings. The molecule has 1 fully saturated rings. The van der Waals surface area contributed by atoms with E-state index in [1.165, 1.54) is 0 Å². The Kier molecular flexibility index (Phi) is 5.73. The predicted molar refractivity (Wildman–Crippen MR) is 98.5 cm³/mol. The van der Waals surface area contributed by atoms with Gasteiger partial charge >= 0.3 is 0 Å². The number of carbonyl (C=O) groups excluding carboxylic acids is 1. The first-order valence-corrected chi connectivity index (χ1v) is 8.96. The van der Waals surface area contributed by atoms with Crippen molar-refractivity contribution in [3.05, 3.63) is 45.8 Å². The average Bonchev–Trinajstić information content (AvgIpc) is 3.48. The van der Waals surface area contributed by atoms with Crippen molar-refractivity contribution in [1.82, 2.24) is 4.98 Å². The van der Waals surface area contributed by atoms with Crippen LogP contribution in [0.1, 0.15) is 51.3 Å². The van der Waals surface area contributed by atoms with E-state index in [9.17, 15) is 25.4 Å². The fourth-order valence-corrected chi connectivity index (χ4v) is 3.56. The number of hydrogen-bond donors (Lipinski definition) is 5. The Labute approximate surface area is 157 Å². The average molecular weight is 369 g/mol. The van der Waals surface area contributed by atoms with Crippen LogP contribution in [0.15, 0.2) is 12.1 Å². The van der Waals surface area contributed by atoms with Crippen LogP contribution in [0.5, 0.6) is 0 Å². The normalized spacial score (nSPS) is 13.6. The number of nitrogens with two attached hydrogens (primary N) is 1. The van der Waals surface area contributed by atoms with Crippen molar-refractivity contribution in [2.75, 3.05) is 6.54 Å². The van der Waals surface area contributed by atoms with Crippen LogP contribution in [0, 0.1) is 17.2 Å². The maximum absolute atomic E-state index is 12.9. The number of nitrogens with zero attached hydrogens (tertiary/aromatic N) is 1. The molecular weight excluding hydrogens is 346 g/mol. The summed E-state index contributed by atoms with van der Waals surface area (Å²) in [7, 11) is 0. The number of aromatic nitrogens is 1. The van der Waals surface area contributed by atoms with Gasteiger partial charge in [0.05, 0.1) is 25.4 Å². The molecule has 0 aliphatic heterocycles. The predicted octanol–water partition coefficient (Wildman–Crippen LogP) is 1.12. The summed E-state index contributed by atoms with van der Waals surface area (Å²) in [6.45, 7) is -0.673. The van der Waals surface area contributed by atoms with Gasteiger partial charge in [0, 0.05) is 23.6 Å². The molecule has 0 radical (unpaired) electrons. The molecule has 142 valence electrons. The number of carbonyl (C=O) groups is 1. The van der Waals surface area contributed by atoms with Gasteiger partial charge in [-0.15, -0.1) is 0 Å². The van der Waals surface area contributed by atoms with E-state index in [-0.39, 0.29) is 37.2 Å². The van der Waals surface area contributed by atoms with Gasteiger partial charge in [0.15, 0.2) is 5.78 Å². The van der Waals surface area contributed by atoms with Gasteiger partial charge < -0.3 is 26.0 Å². The van der Waals surface area contributed by atoms with E-state index < -0.39 is 0 Å². The van der Waals surface area contributed by atoms with Crippen LogP contribution in [0.3, 0.4) is 0 Å². The lowest BCUT2D eigenvalue weighted by Gasteiger charge is -2.17. The molecule has 6 N–H and O–H groups in total. The SMILES string of the molecule is N#Cc1[nH]c(CCN)c(-c2ccc(CO)c(CO)c2CO)c1C(=O)C1CC1. The van der Waals surface area contributed by atoms with Crippen LogP contribution in [0.2, 0.25) is 0 Å². The first-order valence-electron chi connectivity index (χ1n) is 8.96. The summed E-state index contributed by atoms with van der Waals surface area (Å²) in [6, 6.07) is 5.44. The minimum Gasteiger partial charge on any atom is -0.392 e. The zero-order valence-corrected chi connectivity index (χ0v) is 15.0. The summed E-state index contributed by atoms with van der Waals surface area (Å²) < 4.78 is 0. The van der Waals surface area contributed by atoms with Gasteiger partial charge in [-0.3, -0.25) is 4.79 Å². The third-order valence-corrected chi connectivity index (χ3v) is 5.06. The lowest BCUT2D eigenvalue weighted by Crippen LogP contribution is -2.09. The van der Waals surface area contributed by atoms with Gasteiger partial charge in [0.25, 0.3) is 0 Å². The highest BCUT2D eigenvalue weighted by Gasteiger charge is 2.36. The van der Waals surface area contributed by atoms with Crippen molar-refractivity contribution in [3.63, 3.8) is 0 Å². The van der Waals surface area contributed by atoms with Gasteiger partial charge in [-0.2, -0.15) is 5.26 Å². The zero-order chi connectivity index (χ0) is 19.6. The highest BCUT2D eigenvalue weighted by molar-refractivity contribution is 6.07. The standard InChI is InChI=1S/C20H23N3O4/c21-6-5-16-18(19(17(7-22)23-16)20(27)11-1-2-11)13-4-3-12(8-24)14(9-25)15(13)10-26/h3-4,11,23-26H,1-2,5-6,8-10,21H2. The van der Waals surface area contributed by atoms with Gasteiger partial charge in [0.1, 0.15) is 11.8 Å². The van der Waals surface area contributed by atoms with Crippen molar-refractivity contribution < 1.29 is 20.1 Å². The third-order valence-electron chi connectivity index (χ3n) is 5.06. The molecule has 0 unspecified atom stereocenters. The summed E-state index contributed by atoms with van der Waals surface area (Å²) in [4.78, 5) is 15.9. The van der Waals surface area contributed by atoms with E-state index in [2.05, 4.69) is 11.1 Å².